The van der Waals surface area contributed by atoms with E-state index >= 15 is 0 Å². The Morgan fingerprint density at radius 3 is 2.83 bits per heavy atom. The maximum absolute atomic E-state index is 13.0. The van der Waals surface area contributed by atoms with Crippen molar-refractivity contribution in [1.82, 2.24) is 10.2 Å². The van der Waals surface area contributed by atoms with Gasteiger partial charge in [0.25, 0.3) is 0 Å². The number of benzene rings is 2. The summed E-state index contributed by atoms with van der Waals surface area (Å²) in [5.41, 5.74) is 2.94. The van der Waals surface area contributed by atoms with Crippen LogP contribution in [0, 0.1) is 12.7 Å². The third kappa shape index (κ3) is 3.91. The highest BCUT2D eigenvalue weighted by Crippen LogP contribution is 2.22. The fourth-order valence-corrected chi connectivity index (χ4v) is 2.85. The van der Waals surface area contributed by atoms with E-state index in [1.165, 1.54) is 12.1 Å². The van der Waals surface area contributed by atoms with Gasteiger partial charge in [-0.1, -0.05) is 45.7 Å². The fourth-order valence-electron chi connectivity index (χ4n) is 2.21. The lowest BCUT2D eigenvalue weighted by Crippen LogP contribution is -1.92. The zero-order valence-electron chi connectivity index (χ0n) is 12.8. The number of hydrogen-bond donors (Lipinski definition) is 0. The molecular weight excluding hydrogens is 395 g/mol. The molecule has 3 nitrogen and oxygen atoms in total. The van der Waals surface area contributed by atoms with E-state index in [1.807, 2.05) is 25.1 Å². The number of halogens is 3. The summed E-state index contributed by atoms with van der Waals surface area (Å²) in [5.74, 6) is 0.528. The van der Waals surface area contributed by atoms with Gasteiger partial charge in [-0.3, -0.25) is 0 Å². The lowest BCUT2D eigenvalue weighted by Gasteiger charge is -2.04. The van der Waals surface area contributed by atoms with E-state index < -0.39 is 0 Å². The van der Waals surface area contributed by atoms with E-state index in [-0.39, 0.29) is 5.82 Å². The molecule has 24 heavy (non-hydrogen) atoms. The standard InChI is InChI=1S/C18H13BrClFN2O/c1-11-13(3-2-4-15(11)19)9-18-23-22-17(24-18)8-6-12-5-7-14(21)10-16(12)20/h2-8,10H,9H2,1H3. The predicted molar refractivity (Wildman–Crippen MR) is 96.3 cm³/mol. The first-order valence-corrected chi connectivity index (χ1v) is 8.39. The van der Waals surface area contributed by atoms with Crippen molar-refractivity contribution in [2.24, 2.45) is 0 Å². The van der Waals surface area contributed by atoms with Gasteiger partial charge < -0.3 is 4.42 Å². The Kier molecular flexibility index (Phi) is 5.11. The first-order valence-electron chi connectivity index (χ1n) is 7.22. The first kappa shape index (κ1) is 16.9. The molecule has 6 heteroatoms. The highest BCUT2D eigenvalue weighted by molar-refractivity contribution is 9.10. The zero-order chi connectivity index (χ0) is 17.1. The third-order valence-electron chi connectivity index (χ3n) is 3.57. The molecule has 0 radical (unpaired) electrons. The molecule has 0 bridgehead atoms. The summed E-state index contributed by atoms with van der Waals surface area (Å²) < 4.78 is 19.7. The van der Waals surface area contributed by atoms with Crippen LogP contribution in [0.2, 0.25) is 5.02 Å². The van der Waals surface area contributed by atoms with Gasteiger partial charge >= 0.3 is 0 Å². The van der Waals surface area contributed by atoms with Gasteiger partial charge in [0.15, 0.2) is 0 Å². The van der Waals surface area contributed by atoms with Crippen molar-refractivity contribution in [2.75, 3.05) is 0 Å². The SMILES string of the molecule is Cc1c(Br)cccc1Cc1nnc(C=Cc2ccc(F)cc2Cl)o1. The minimum Gasteiger partial charge on any atom is -0.421 e. The van der Waals surface area contributed by atoms with Gasteiger partial charge in [0, 0.05) is 10.5 Å². The second-order valence-corrected chi connectivity index (χ2v) is 6.50. The highest BCUT2D eigenvalue weighted by atomic mass is 79.9. The summed E-state index contributed by atoms with van der Waals surface area (Å²) in [5, 5.41) is 8.38. The molecule has 3 aromatic rings. The smallest absolute Gasteiger partial charge is 0.240 e. The molecule has 1 aromatic heterocycles. The average molecular weight is 408 g/mol. The second kappa shape index (κ2) is 7.28. The minimum atomic E-state index is -0.374. The van der Waals surface area contributed by atoms with Crippen molar-refractivity contribution in [2.45, 2.75) is 13.3 Å². The Hall–Kier alpha value is -1.98. The van der Waals surface area contributed by atoms with Crippen LogP contribution in [0.15, 0.2) is 45.3 Å². The Morgan fingerprint density at radius 2 is 2.04 bits per heavy atom. The molecule has 0 saturated carbocycles. The van der Waals surface area contributed by atoms with Crippen LogP contribution < -0.4 is 0 Å². The fraction of sp³-hybridized carbons (Fsp3) is 0.111. The predicted octanol–water partition coefficient (Wildman–Crippen LogP) is 5.69. The van der Waals surface area contributed by atoms with Crippen LogP contribution in [0.3, 0.4) is 0 Å². The Balaban J connectivity index is 1.76. The maximum Gasteiger partial charge on any atom is 0.240 e. The van der Waals surface area contributed by atoms with E-state index in [9.17, 15) is 4.39 Å². The number of nitrogens with zero attached hydrogens (tertiary/aromatic N) is 2. The van der Waals surface area contributed by atoms with Gasteiger partial charge in [0.05, 0.1) is 11.4 Å². The van der Waals surface area contributed by atoms with Crippen LogP contribution in [0.4, 0.5) is 4.39 Å². The Morgan fingerprint density at radius 1 is 1.21 bits per heavy atom. The highest BCUT2D eigenvalue weighted by Gasteiger charge is 2.08. The van der Waals surface area contributed by atoms with E-state index in [1.54, 1.807) is 18.2 Å². The molecule has 0 aliphatic carbocycles. The number of aromatic nitrogens is 2. The lowest BCUT2D eigenvalue weighted by molar-refractivity contribution is 0.496. The van der Waals surface area contributed by atoms with Gasteiger partial charge in [-0.05, 0) is 47.9 Å². The molecule has 0 saturated heterocycles. The molecule has 3 rings (SSSR count). The van der Waals surface area contributed by atoms with Crippen LogP contribution in [0.5, 0.6) is 0 Å². The van der Waals surface area contributed by atoms with Crippen LogP contribution in [-0.4, -0.2) is 10.2 Å². The monoisotopic (exact) mass is 406 g/mol. The molecule has 1 heterocycles. The molecule has 0 aliphatic rings. The molecule has 122 valence electrons. The Labute approximate surface area is 152 Å². The molecule has 0 N–H and O–H groups in total. The van der Waals surface area contributed by atoms with Crippen molar-refractivity contribution >= 4 is 39.7 Å². The Bertz CT molecular complexity index is 908. The van der Waals surface area contributed by atoms with Crippen LogP contribution in [0.25, 0.3) is 12.2 Å². The van der Waals surface area contributed by atoms with Crippen molar-refractivity contribution in [3.8, 4) is 0 Å². The summed E-state index contributed by atoms with van der Waals surface area (Å²) in [6.07, 6.45) is 3.93. The molecule has 0 fully saturated rings. The van der Waals surface area contributed by atoms with Crippen molar-refractivity contribution in [3.63, 3.8) is 0 Å². The topological polar surface area (TPSA) is 38.9 Å². The van der Waals surface area contributed by atoms with Gasteiger partial charge in [-0.25, -0.2) is 4.39 Å². The van der Waals surface area contributed by atoms with Crippen LogP contribution in [-0.2, 0) is 6.42 Å². The summed E-state index contributed by atoms with van der Waals surface area (Å²) in [7, 11) is 0. The van der Waals surface area contributed by atoms with Gasteiger partial charge in [0.2, 0.25) is 11.8 Å². The van der Waals surface area contributed by atoms with Crippen LogP contribution >= 0.6 is 27.5 Å². The van der Waals surface area contributed by atoms with Crippen molar-refractivity contribution in [3.05, 3.63) is 80.2 Å². The largest absolute Gasteiger partial charge is 0.421 e. The molecule has 0 aliphatic heterocycles. The van der Waals surface area contributed by atoms with E-state index in [4.69, 9.17) is 16.0 Å². The second-order valence-electron chi connectivity index (χ2n) is 5.23. The minimum absolute atomic E-state index is 0.329. The molecule has 0 unspecified atom stereocenters. The lowest BCUT2D eigenvalue weighted by atomic mass is 10.1. The summed E-state index contributed by atoms with van der Waals surface area (Å²) in [6, 6.07) is 10.2. The van der Waals surface area contributed by atoms with Gasteiger partial charge in [-0.2, -0.15) is 0 Å². The molecular formula is C18H13BrClFN2O. The third-order valence-corrected chi connectivity index (χ3v) is 4.76. The normalized spacial score (nSPS) is 11.3. The molecule has 0 atom stereocenters. The maximum atomic E-state index is 13.0. The first-order chi connectivity index (χ1) is 11.5. The number of hydrogen-bond acceptors (Lipinski definition) is 3. The van der Waals surface area contributed by atoms with Crippen molar-refractivity contribution < 1.29 is 8.81 Å². The summed E-state index contributed by atoms with van der Waals surface area (Å²) >= 11 is 9.49. The quantitative estimate of drug-likeness (QED) is 0.557. The molecule has 2 aromatic carbocycles. The van der Waals surface area contributed by atoms with E-state index in [2.05, 4.69) is 26.1 Å². The molecule has 0 amide bonds. The summed E-state index contributed by atoms with van der Waals surface area (Å²) in [4.78, 5) is 0. The average Bonchev–Trinajstić information content (AvgIpc) is 2.99. The van der Waals surface area contributed by atoms with E-state index in [0.29, 0.717) is 28.8 Å². The van der Waals surface area contributed by atoms with E-state index in [0.717, 1.165) is 15.6 Å². The zero-order valence-corrected chi connectivity index (χ0v) is 15.1. The summed E-state index contributed by atoms with van der Waals surface area (Å²) in [6.45, 7) is 2.03. The van der Waals surface area contributed by atoms with Crippen molar-refractivity contribution in [1.29, 1.82) is 0 Å². The molecule has 0 spiro atoms. The van der Waals surface area contributed by atoms with Crippen LogP contribution in [0.1, 0.15) is 28.5 Å². The van der Waals surface area contributed by atoms with Gasteiger partial charge in [-0.15, -0.1) is 10.2 Å². The number of rotatable bonds is 4. The van der Waals surface area contributed by atoms with Gasteiger partial charge in [0.1, 0.15) is 5.82 Å².